The van der Waals surface area contributed by atoms with Crippen LogP contribution in [-0.2, 0) is 4.79 Å². The van der Waals surface area contributed by atoms with Gasteiger partial charge in [0, 0.05) is 17.4 Å². The molecule has 3 aromatic rings. The standard InChI is InChI=1S/C19H19N5O4S2/c1-27-14-9-8-13(10-15(14)28-2)20-16(25)11-29-19-24-23-18(30-19)22-17(26)21-12-6-4-3-5-7-12/h3-10H,11H2,1-2H3,(H,20,25)(H2,21,22,23,26). The van der Waals surface area contributed by atoms with E-state index in [1.165, 1.54) is 30.2 Å². The van der Waals surface area contributed by atoms with Crippen LogP contribution in [0.5, 0.6) is 11.5 Å². The van der Waals surface area contributed by atoms with Crippen molar-refractivity contribution in [2.75, 3.05) is 35.9 Å². The molecule has 11 heteroatoms. The smallest absolute Gasteiger partial charge is 0.325 e. The fourth-order valence-electron chi connectivity index (χ4n) is 2.34. The van der Waals surface area contributed by atoms with Crippen LogP contribution in [0.25, 0.3) is 0 Å². The van der Waals surface area contributed by atoms with Gasteiger partial charge < -0.3 is 20.1 Å². The number of nitrogens with zero attached hydrogens (tertiary/aromatic N) is 2. The van der Waals surface area contributed by atoms with Gasteiger partial charge in [-0.15, -0.1) is 10.2 Å². The molecule has 0 aliphatic rings. The Labute approximate surface area is 181 Å². The minimum atomic E-state index is -0.417. The number of rotatable bonds is 8. The molecule has 0 saturated heterocycles. The number of benzene rings is 2. The number of hydrogen-bond acceptors (Lipinski definition) is 8. The van der Waals surface area contributed by atoms with Gasteiger partial charge in [0.25, 0.3) is 0 Å². The summed E-state index contributed by atoms with van der Waals surface area (Å²) in [5, 5.41) is 16.3. The Bertz CT molecular complexity index is 1010. The number of carbonyl (C=O) groups excluding carboxylic acids is 2. The molecular formula is C19H19N5O4S2. The van der Waals surface area contributed by atoms with E-state index in [1.807, 2.05) is 18.2 Å². The Balaban J connectivity index is 1.48. The van der Waals surface area contributed by atoms with Gasteiger partial charge in [-0.2, -0.15) is 0 Å². The number of ether oxygens (including phenoxy) is 2. The number of anilines is 3. The van der Waals surface area contributed by atoms with E-state index in [2.05, 4.69) is 26.1 Å². The van der Waals surface area contributed by atoms with Crippen LogP contribution < -0.4 is 25.4 Å². The van der Waals surface area contributed by atoms with Crippen molar-refractivity contribution in [1.29, 1.82) is 0 Å². The van der Waals surface area contributed by atoms with Crippen molar-refractivity contribution in [3.05, 3.63) is 48.5 Å². The van der Waals surface area contributed by atoms with Gasteiger partial charge in [-0.25, -0.2) is 4.79 Å². The second-order valence-electron chi connectivity index (χ2n) is 5.72. The lowest BCUT2D eigenvalue weighted by Gasteiger charge is -2.10. The number of amides is 3. The minimum Gasteiger partial charge on any atom is -0.493 e. The number of urea groups is 1. The van der Waals surface area contributed by atoms with Crippen molar-refractivity contribution in [2.24, 2.45) is 0 Å². The van der Waals surface area contributed by atoms with Gasteiger partial charge in [-0.05, 0) is 24.3 Å². The maximum absolute atomic E-state index is 12.2. The Morgan fingerprint density at radius 3 is 2.43 bits per heavy atom. The molecule has 0 unspecified atom stereocenters. The van der Waals surface area contributed by atoms with E-state index >= 15 is 0 Å². The summed E-state index contributed by atoms with van der Waals surface area (Å²) in [6, 6.07) is 13.8. The van der Waals surface area contributed by atoms with E-state index in [4.69, 9.17) is 9.47 Å². The maximum Gasteiger partial charge on any atom is 0.325 e. The molecule has 9 nitrogen and oxygen atoms in total. The van der Waals surface area contributed by atoms with Gasteiger partial charge >= 0.3 is 6.03 Å². The number of methoxy groups -OCH3 is 2. The van der Waals surface area contributed by atoms with E-state index in [0.717, 1.165) is 0 Å². The normalized spacial score (nSPS) is 10.2. The van der Waals surface area contributed by atoms with Crippen molar-refractivity contribution in [1.82, 2.24) is 10.2 Å². The van der Waals surface area contributed by atoms with Gasteiger partial charge in [0.05, 0.1) is 20.0 Å². The molecule has 0 saturated carbocycles. The molecule has 0 fully saturated rings. The second-order valence-corrected chi connectivity index (χ2v) is 7.92. The van der Waals surface area contributed by atoms with Crippen molar-refractivity contribution in [3.63, 3.8) is 0 Å². The zero-order valence-corrected chi connectivity index (χ0v) is 17.8. The monoisotopic (exact) mass is 445 g/mol. The third kappa shape index (κ3) is 6.09. The first kappa shape index (κ1) is 21.4. The number of thioether (sulfide) groups is 1. The van der Waals surface area contributed by atoms with Gasteiger partial charge in [0.2, 0.25) is 11.0 Å². The molecule has 3 amide bonds. The largest absolute Gasteiger partial charge is 0.493 e. The van der Waals surface area contributed by atoms with Crippen LogP contribution in [0.2, 0.25) is 0 Å². The number of para-hydroxylation sites is 1. The third-order valence-electron chi connectivity index (χ3n) is 3.65. The Hall–Kier alpha value is -3.31. The van der Waals surface area contributed by atoms with Crippen LogP contribution >= 0.6 is 23.1 Å². The fraction of sp³-hybridized carbons (Fsp3) is 0.158. The van der Waals surface area contributed by atoms with Crippen LogP contribution in [-0.4, -0.2) is 42.1 Å². The van der Waals surface area contributed by atoms with E-state index in [1.54, 1.807) is 37.4 Å². The van der Waals surface area contributed by atoms with Gasteiger partial charge in [-0.1, -0.05) is 41.3 Å². The summed E-state index contributed by atoms with van der Waals surface area (Å²) in [4.78, 5) is 24.2. The van der Waals surface area contributed by atoms with E-state index in [9.17, 15) is 9.59 Å². The highest BCUT2D eigenvalue weighted by Crippen LogP contribution is 2.30. The number of carbonyl (C=O) groups is 2. The summed E-state index contributed by atoms with van der Waals surface area (Å²) >= 11 is 2.41. The van der Waals surface area contributed by atoms with Crippen molar-refractivity contribution in [2.45, 2.75) is 4.34 Å². The van der Waals surface area contributed by atoms with Crippen LogP contribution in [0.1, 0.15) is 0 Å². The summed E-state index contributed by atoms with van der Waals surface area (Å²) in [7, 11) is 3.07. The highest BCUT2D eigenvalue weighted by atomic mass is 32.2. The van der Waals surface area contributed by atoms with Crippen LogP contribution in [0, 0.1) is 0 Å². The zero-order chi connectivity index (χ0) is 21.3. The molecule has 0 atom stereocenters. The highest BCUT2D eigenvalue weighted by Gasteiger charge is 2.12. The fourth-order valence-corrected chi connectivity index (χ4v) is 3.88. The minimum absolute atomic E-state index is 0.138. The molecule has 0 aliphatic heterocycles. The zero-order valence-electron chi connectivity index (χ0n) is 16.2. The quantitative estimate of drug-likeness (QED) is 0.355. The molecule has 0 aliphatic carbocycles. The topological polar surface area (TPSA) is 114 Å². The van der Waals surface area contributed by atoms with Crippen molar-refractivity contribution < 1.29 is 19.1 Å². The van der Waals surface area contributed by atoms with Gasteiger partial charge in [-0.3, -0.25) is 10.1 Å². The van der Waals surface area contributed by atoms with E-state index in [-0.39, 0.29) is 11.7 Å². The number of nitrogens with one attached hydrogen (secondary N) is 3. The lowest BCUT2D eigenvalue weighted by molar-refractivity contribution is -0.113. The molecule has 1 heterocycles. The van der Waals surface area contributed by atoms with Gasteiger partial charge in [0.15, 0.2) is 15.8 Å². The molecule has 156 valence electrons. The molecule has 2 aromatic carbocycles. The molecule has 0 spiro atoms. The van der Waals surface area contributed by atoms with Crippen LogP contribution in [0.3, 0.4) is 0 Å². The predicted octanol–water partition coefficient (Wildman–Crippen LogP) is 3.93. The molecular weight excluding hydrogens is 426 g/mol. The maximum atomic E-state index is 12.2. The molecule has 1 aromatic heterocycles. The Morgan fingerprint density at radius 1 is 0.933 bits per heavy atom. The highest BCUT2D eigenvalue weighted by molar-refractivity contribution is 8.01. The first-order chi connectivity index (χ1) is 14.6. The molecule has 3 rings (SSSR count). The summed E-state index contributed by atoms with van der Waals surface area (Å²) in [6.45, 7) is 0. The van der Waals surface area contributed by atoms with E-state index < -0.39 is 6.03 Å². The average molecular weight is 446 g/mol. The third-order valence-corrected chi connectivity index (χ3v) is 5.62. The van der Waals surface area contributed by atoms with Crippen molar-refractivity contribution in [3.8, 4) is 11.5 Å². The van der Waals surface area contributed by atoms with Gasteiger partial charge in [0.1, 0.15) is 0 Å². The Kier molecular flexibility index (Phi) is 7.46. The van der Waals surface area contributed by atoms with Crippen LogP contribution in [0.15, 0.2) is 52.9 Å². The second kappa shape index (κ2) is 10.5. The first-order valence-electron chi connectivity index (χ1n) is 8.68. The molecule has 30 heavy (non-hydrogen) atoms. The van der Waals surface area contributed by atoms with Crippen LogP contribution in [0.4, 0.5) is 21.3 Å². The lowest BCUT2D eigenvalue weighted by Crippen LogP contribution is -2.19. The lowest BCUT2D eigenvalue weighted by atomic mass is 10.2. The Morgan fingerprint density at radius 2 is 1.70 bits per heavy atom. The van der Waals surface area contributed by atoms with E-state index in [0.29, 0.717) is 32.3 Å². The SMILES string of the molecule is COc1ccc(NC(=O)CSc2nnc(NC(=O)Nc3ccccc3)s2)cc1OC. The summed E-state index contributed by atoms with van der Waals surface area (Å²) in [5.41, 5.74) is 1.26. The molecule has 3 N–H and O–H groups in total. The summed E-state index contributed by atoms with van der Waals surface area (Å²) in [6.07, 6.45) is 0. The first-order valence-corrected chi connectivity index (χ1v) is 10.5. The predicted molar refractivity (Wildman–Crippen MR) is 118 cm³/mol. The molecule has 0 bridgehead atoms. The summed E-state index contributed by atoms with van der Waals surface area (Å²) < 4.78 is 11.0. The van der Waals surface area contributed by atoms with Crippen molar-refractivity contribution >= 4 is 51.5 Å². The molecule has 0 radical (unpaired) electrons. The summed E-state index contributed by atoms with van der Waals surface area (Å²) in [5.74, 6) is 1.03. The number of aromatic nitrogens is 2. The number of hydrogen-bond donors (Lipinski definition) is 3. The average Bonchev–Trinajstić information content (AvgIpc) is 3.20.